The summed E-state index contributed by atoms with van der Waals surface area (Å²) in [5, 5.41) is 15.7. The van der Waals surface area contributed by atoms with E-state index >= 15 is 0 Å². The number of amides is 1. The molecule has 0 aliphatic heterocycles. The lowest BCUT2D eigenvalue weighted by Gasteiger charge is -2.56. The number of tetrazole rings is 1. The number of rotatable bonds is 5. The zero-order valence-corrected chi connectivity index (χ0v) is 15.9. The van der Waals surface area contributed by atoms with Crippen molar-refractivity contribution in [2.75, 3.05) is 6.54 Å². The van der Waals surface area contributed by atoms with Crippen molar-refractivity contribution in [1.29, 1.82) is 0 Å². The molecule has 1 heterocycles. The normalized spacial score (nSPS) is 31.2. The summed E-state index contributed by atoms with van der Waals surface area (Å²) in [5.41, 5.74) is 2.46. The number of nitrogens with one attached hydrogen (secondary N) is 1. The molecule has 4 fully saturated rings. The molecule has 4 bridgehead atoms. The van der Waals surface area contributed by atoms with Crippen LogP contribution >= 0.6 is 0 Å². The predicted octanol–water partition coefficient (Wildman–Crippen LogP) is 2.98. The Morgan fingerprint density at radius 1 is 1.11 bits per heavy atom. The Bertz CT molecular complexity index is 805. The summed E-state index contributed by atoms with van der Waals surface area (Å²) in [6.45, 7) is 2.99. The van der Waals surface area contributed by atoms with Gasteiger partial charge in [-0.15, -0.1) is 10.2 Å². The zero-order chi connectivity index (χ0) is 18.4. The quantitative estimate of drug-likeness (QED) is 0.884. The maximum absolute atomic E-state index is 12.5. The Morgan fingerprint density at radius 2 is 1.74 bits per heavy atom. The average Bonchev–Trinajstić information content (AvgIpc) is 3.08. The summed E-state index contributed by atoms with van der Waals surface area (Å²) in [5.74, 6) is 3.26. The maximum Gasteiger partial charge on any atom is 0.243 e. The fourth-order valence-corrected chi connectivity index (χ4v) is 6.11. The van der Waals surface area contributed by atoms with Crippen LogP contribution in [-0.2, 0) is 11.3 Å². The molecule has 6 rings (SSSR count). The molecule has 1 aromatic carbocycles. The Morgan fingerprint density at radius 3 is 2.37 bits per heavy atom. The minimum Gasteiger partial charge on any atom is -0.354 e. The number of aromatic nitrogens is 4. The molecule has 0 unspecified atom stereocenters. The standard InChI is InChI=1S/C21H27N5O/c1-14-2-4-18(5-3-14)20-23-25-26(24-20)12-19(27)22-13-21-9-15-6-16(10-21)8-17(7-15)11-21/h2-5,15-17H,6-13H2,1H3,(H,22,27). The zero-order valence-electron chi connectivity index (χ0n) is 15.9. The van der Waals surface area contributed by atoms with Gasteiger partial charge >= 0.3 is 0 Å². The number of benzene rings is 1. The molecule has 27 heavy (non-hydrogen) atoms. The van der Waals surface area contributed by atoms with E-state index in [0.29, 0.717) is 11.2 Å². The fourth-order valence-electron chi connectivity index (χ4n) is 6.11. The molecule has 1 N–H and O–H groups in total. The van der Waals surface area contributed by atoms with E-state index in [0.717, 1.165) is 29.9 Å². The van der Waals surface area contributed by atoms with E-state index in [9.17, 15) is 4.79 Å². The highest BCUT2D eigenvalue weighted by Gasteiger charge is 2.50. The minimum absolute atomic E-state index is 0.0152. The van der Waals surface area contributed by atoms with Gasteiger partial charge < -0.3 is 5.32 Å². The van der Waals surface area contributed by atoms with E-state index in [1.165, 1.54) is 48.9 Å². The van der Waals surface area contributed by atoms with Gasteiger partial charge in [0.15, 0.2) is 0 Å². The molecule has 4 aliphatic carbocycles. The number of aryl methyl sites for hydroxylation is 1. The largest absolute Gasteiger partial charge is 0.354 e. The predicted molar refractivity (Wildman–Crippen MR) is 102 cm³/mol. The first kappa shape index (κ1) is 16.9. The first-order chi connectivity index (χ1) is 13.1. The third-order valence-electron chi connectivity index (χ3n) is 6.87. The van der Waals surface area contributed by atoms with Crippen molar-refractivity contribution in [1.82, 2.24) is 25.5 Å². The van der Waals surface area contributed by atoms with E-state index in [2.05, 4.69) is 20.7 Å². The molecule has 0 spiro atoms. The highest BCUT2D eigenvalue weighted by atomic mass is 16.2. The summed E-state index contributed by atoms with van der Waals surface area (Å²) >= 11 is 0. The monoisotopic (exact) mass is 365 g/mol. The minimum atomic E-state index is -0.0152. The first-order valence-electron chi connectivity index (χ1n) is 10.2. The fraction of sp³-hybridized carbons (Fsp3) is 0.619. The summed E-state index contributed by atoms with van der Waals surface area (Å²) in [4.78, 5) is 13.8. The Balaban J connectivity index is 1.19. The Hall–Kier alpha value is -2.24. The van der Waals surface area contributed by atoms with Gasteiger partial charge in [-0.05, 0) is 73.8 Å². The van der Waals surface area contributed by atoms with Gasteiger partial charge in [0, 0.05) is 12.1 Å². The number of hydrogen-bond acceptors (Lipinski definition) is 4. The van der Waals surface area contributed by atoms with Crippen molar-refractivity contribution < 1.29 is 4.79 Å². The van der Waals surface area contributed by atoms with Crippen molar-refractivity contribution in [2.24, 2.45) is 23.2 Å². The van der Waals surface area contributed by atoms with Crippen molar-refractivity contribution in [2.45, 2.75) is 52.0 Å². The third kappa shape index (κ3) is 3.37. The van der Waals surface area contributed by atoms with Gasteiger partial charge in [0.25, 0.3) is 0 Å². The van der Waals surface area contributed by atoms with Crippen LogP contribution in [0.4, 0.5) is 0 Å². The van der Waals surface area contributed by atoms with Crippen molar-refractivity contribution in [3.05, 3.63) is 29.8 Å². The second-order valence-corrected chi connectivity index (χ2v) is 9.20. The van der Waals surface area contributed by atoms with Crippen LogP contribution < -0.4 is 5.32 Å². The molecule has 1 aromatic heterocycles. The average molecular weight is 365 g/mol. The molecule has 4 saturated carbocycles. The van der Waals surface area contributed by atoms with E-state index in [-0.39, 0.29) is 12.5 Å². The lowest BCUT2D eigenvalue weighted by molar-refractivity contribution is -0.124. The van der Waals surface area contributed by atoms with E-state index in [1.807, 2.05) is 31.2 Å². The summed E-state index contributed by atoms with van der Waals surface area (Å²) in [6, 6.07) is 8.00. The van der Waals surface area contributed by atoms with Gasteiger partial charge in [0.05, 0.1) is 0 Å². The van der Waals surface area contributed by atoms with Gasteiger partial charge in [-0.1, -0.05) is 29.8 Å². The lowest BCUT2D eigenvalue weighted by Crippen LogP contribution is -2.51. The van der Waals surface area contributed by atoms with E-state index < -0.39 is 0 Å². The maximum atomic E-state index is 12.5. The lowest BCUT2D eigenvalue weighted by atomic mass is 9.49. The van der Waals surface area contributed by atoms with Crippen LogP contribution in [0.3, 0.4) is 0 Å². The smallest absolute Gasteiger partial charge is 0.243 e. The van der Waals surface area contributed by atoms with E-state index in [1.54, 1.807) is 0 Å². The molecule has 4 aliphatic rings. The molecule has 0 saturated heterocycles. The van der Waals surface area contributed by atoms with Crippen LogP contribution in [0.2, 0.25) is 0 Å². The second-order valence-electron chi connectivity index (χ2n) is 9.20. The SMILES string of the molecule is Cc1ccc(-c2nnn(CC(=O)NCC34CC5CC(CC(C5)C3)C4)n2)cc1. The van der Waals surface area contributed by atoms with Crippen molar-refractivity contribution >= 4 is 5.91 Å². The van der Waals surface area contributed by atoms with Gasteiger partial charge in [-0.3, -0.25) is 4.79 Å². The molecule has 1 amide bonds. The molecule has 142 valence electrons. The highest BCUT2D eigenvalue weighted by Crippen LogP contribution is 2.59. The topological polar surface area (TPSA) is 72.7 Å². The number of carbonyl (C=O) groups excluding carboxylic acids is 1. The summed E-state index contributed by atoms with van der Waals surface area (Å²) < 4.78 is 0. The van der Waals surface area contributed by atoms with Crippen LogP contribution in [0.1, 0.15) is 44.1 Å². The summed E-state index contributed by atoms with van der Waals surface area (Å²) in [6.07, 6.45) is 8.20. The Kier molecular flexibility index (Phi) is 4.02. The van der Waals surface area contributed by atoms with Crippen molar-refractivity contribution in [3.63, 3.8) is 0 Å². The van der Waals surface area contributed by atoms with Crippen LogP contribution in [0.5, 0.6) is 0 Å². The molecule has 6 nitrogen and oxygen atoms in total. The molecule has 0 radical (unpaired) electrons. The second kappa shape index (κ2) is 6.43. The van der Waals surface area contributed by atoms with Crippen molar-refractivity contribution in [3.8, 4) is 11.4 Å². The molecule has 0 atom stereocenters. The number of hydrogen-bond donors (Lipinski definition) is 1. The van der Waals surface area contributed by atoms with Gasteiger partial charge in [-0.25, -0.2) is 0 Å². The van der Waals surface area contributed by atoms with Gasteiger partial charge in [-0.2, -0.15) is 4.80 Å². The molecule has 6 heteroatoms. The molecular formula is C21H27N5O. The molecular weight excluding hydrogens is 338 g/mol. The van der Waals surface area contributed by atoms with Crippen LogP contribution in [0.25, 0.3) is 11.4 Å². The van der Waals surface area contributed by atoms with E-state index in [4.69, 9.17) is 0 Å². The van der Waals surface area contributed by atoms with Crippen LogP contribution in [0, 0.1) is 30.1 Å². The van der Waals surface area contributed by atoms with Crippen LogP contribution in [0.15, 0.2) is 24.3 Å². The molecule has 2 aromatic rings. The van der Waals surface area contributed by atoms with Crippen LogP contribution in [-0.4, -0.2) is 32.7 Å². The third-order valence-corrected chi connectivity index (χ3v) is 6.87. The Labute approximate surface area is 159 Å². The van der Waals surface area contributed by atoms with Gasteiger partial charge in [0.2, 0.25) is 11.7 Å². The highest BCUT2D eigenvalue weighted by molar-refractivity contribution is 5.75. The van der Waals surface area contributed by atoms with Gasteiger partial charge in [0.1, 0.15) is 6.54 Å². The summed E-state index contributed by atoms with van der Waals surface area (Å²) in [7, 11) is 0. The number of nitrogens with zero attached hydrogens (tertiary/aromatic N) is 4. The number of carbonyl (C=O) groups is 1. The first-order valence-corrected chi connectivity index (χ1v) is 10.2.